The predicted molar refractivity (Wildman–Crippen MR) is 104 cm³/mol. The maximum atomic E-state index is 12.2. The number of thiophene rings is 1. The normalized spacial score (nSPS) is 12.9. The molecule has 0 aliphatic rings. The van der Waals surface area contributed by atoms with Gasteiger partial charge in [-0.1, -0.05) is 17.7 Å². The number of hydrogen-bond acceptors (Lipinski definition) is 4. The second-order valence-corrected chi connectivity index (χ2v) is 7.42. The number of anilines is 1. The lowest BCUT2D eigenvalue weighted by molar-refractivity contribution is -0.862. The van der Waals surface area contributed by atoms with Gasteiger partial charge in [0, 0.05) is 9.90 Å². The van der Waals surface area contributed by atoms with E-state index < -0.39 is 0 Å². The molecule has 2 atom stereocenters. The molecule has 0 saturated carbocycles. The smallest absolute Gasteiger partial charge is 0.279 e. The average molecular weight is 397 g/mol. The first-order valence-corrected chi connectivity index (χ1v) is 9.42. The molecule has 0 fully saturated rings. The maximum Gasteiger partial charge on any atom is 0.279 e. The highest BCUT2D eigenvalue weighted by molar-refractivity contribution is 7.10. The van der Waals surface area contributed by atoms with Gasteiger partial charge >= 0.3 is 0 Å². The van der Waals surface area contributed by atoms with E-state index in [4.69, 9.17) is 16.3 Å². The minimum Gasteiger partial charge on any atom is -0.495 e. The number of carbonyl (C=O) groups is 2. The van der Waals surface area contributed by atoms with Crippen LogP contribution in [0.15, 0.2) is 35.7 Å². The van der Waals surface area contributed by atoms with Crippen molar-refractivity contribution in [2.75, 3.05) is 32.6 Å². The molecule has 2 amide bonds. The fourth-order valence-corrected chi connectivity index (χ4v) is 3.39. The molecule has 3 N–H and O–H groups in total. The van der Waals surface area contributed by atoms with Crippen LogP contribution in [0.2, 0.25) is 5.02 Å². The van der Waals surface area contributed by atoms with Crippen molar-refractivity contribution in [1.29, 1.82) is 0 Å². The molecule has 1 aromatic heterocycles. The summed E-state index contributed by atoms with van der Waals surface area (Å²) in [5, 5.41) is 8.19. The largest absolute Gasteiger partial charge is 0.495 e. The number of ether oxygens (including phenoxy) is 1. The fourth-order valence-electron chi connectivity index (χ4n) is 2.48. The van der Waals surface area contributed by atoms with Gasteiger partial charge in [-0.15, -0.1) is 11.3 Å². The van der Waals surface area contributed by atoms with Gasteiger partial charge in [-0.2, -0.15) is 0 Å². The van der Waals surface area contributed by atoms with E-state index in [0.717, 1.165) is 9.78 Å². The molecule has 0 bridgehead atoms. The van der Waals surface area contributed by atoms with E-state index in [1.165, 1.54) is 7.11 Å². The number of hydrogen-bond donors (Lipinski definition) is 3. The van der Waals surface area contributed by atoms with Gasteiger partial charge in [0.1, 0.15) is 5.75 Å². The summed E-state index contributed by atoms with van der Waals surface area (Å²) in [6.45, 7) is 2.30. The Morgan fingerprint density at radius 2 is 2.00 bits per heavy atom. The van der Waals surface area contributed by atoms with Crippen LogP contribution >= 0.6 is 22.9 Å². The lowest BCUT2D eigenvalue weighted by Gasteiger charge is -2.17. The quantitative estimate of drug-likeness (QED) is 0.636. The number of quaternary nitrogens is 1. The van der Waals surface area contributed by atoms with Gasteiger partial charge in [0.05, 0.1) is 25.9 Å². The molecular weight excluding hydrogens is 374 g/mol. The van der Waals surface area contributed by atoms with Crippen LogP contribution in [0.5, 0.6) is 5.75 Å². The van der Waals surface area contributed by atoms with E-state index >= 15 is 0 Å². The fraction of sp³-hybridized carbons (Fsp3) is 0.333. The van der Waals surface area contributed by atoms with Crippen LogP contribution < -0.4 is 20.3 Å². The highest BCUT2D eigenvalue weighted by atomic mass is 35.5. The first-order chi connectivity index (χ1) is 12.4. The third kappa shape index (κ3) is 6.01. The number of methoxy groups -OCH3 is 1. The first-order valence-electron chi connectivity index (χ1n) is 8.16. The Labute approximate surface area is 162 Å². The standard InChI is InChI=1S/C18H22ClN3O3S/c1-12(16-5-4-8-26-16)20-17(23)10-22(2)11-18(24)21-14-9-13(19)6-7-15(14)25-3/h4-9,12H,10-11H2,1-3H3,(H,20,23)(H,21,24)/p+1/t12-/m0/s1. The first kappa shape index (κ1) is 20.2. The summed E-state index contributed by atoms with van der Waals surface area (Å²) in [6, 6.07) is 8.90. The maximum absolute atomic E-state index is 12.2. The SMILES string of the molecule is COc1ccc(Cl)cc1NC(=O)C[NH+](C)CC(=O)N[C@@H](C)c1cccs1. The summed E-state index contributed by atoms with van der Waals surface area (Å²) in [5.41, 5.74) is 0.508. The van der Waals surface area contributed by atoms with Crippen molar-refractivity contribution in [1.82, 2.24) is 5.32 Å². The molecule has 0 aliphatic heterocycles. The lowest BCUT2D eigenvalue weighted by atomic mass is 10.2. The van der Waals surface area contributed by atoms with Gasteiger partial charge in [0.15, 0.2) is 13.1 Å². The number of carbonyl (C=O) groups excluding carboxylic acids is 2. The molecule has 2 aromatic rings. The molecule has 1 unspecified atom stereocenters. The Morgan fingerprint density at radius 3 is 2.65 bits per heavy atom. The van der Waals surface area contributed by atoms with Crippen molar-refractivity contribution < 1.29 is 19.2 Å². The molecule has 0 aliphatic carbocycles. The number of likely N-dealkylation sites (N-methyl/N-ethyl adjacent to an activating group) is 1. The van der Waals surface area contributed by atoms with Crippen molar-refractivity contribution in [3.05, 3.63) is 45.6 Å². The molecule has 26 heavy (non-hydrogen) atoms. The van der Waals surface area contributed by atoms with Crippen molar-refractivity contribution in [3.8, 4) is 5.75 Å². The number of amides is 2. The summed E-state index contributed by atoms with van der Waals surface area (Å²) in [4.78, 5) is 26.3. The van der Waals surface area contributed by atoms with Crippen LogP contribution in [0, 0.1) is 0 Å². The Bertz CT molecular complexity index is 752. The number of nitrogens with one attached hydrogen (secondary N) is 3. The molecule has 8 heteroatoms. The van der Waals surface area contributed by atoms with E-state index in [1.807, 2.05) is 24.4 Å². The third-order valence-corrected chi connectivity index (χ3v) is 5.00. The highest BCUT2D eigenvalue weighted by Crippen LogP contribution is 2.27. The van der Waals surface area contributed by atoms with Gasteiger partial charge in [-0.05, 0) is 36.6 Å². The molecular formula is C18H23ClN3O3S+. The Kier molecular flexibility index (Phi) is 7.44. The van der Waals surface area contributed by atoms with Crippen molar-refractivity contribution in [2.24, 2.45) is 0 Å². The minimum absolute atomic E-state index is 0.0418. The minimum atomic E-state index is -0.220. The summed E-state index contributed by atoms with van der Waals surface area (Å²) in [6.07, 6.45) is 0. The van der Waals surface area contributed by atoms with E-state index in [1.54, 1.807) is 36.6 Å². The Morgan fingerprint density at radius 1 is 1.27 bits per heavy atom. The molecule has 6 nitrogen and oxygen atoms in total. The van der Waals surface area contributed by atoms with Crippen molar-refractivity contribution in [2.45, 2.75) is 13.0 Å². The molecule has 0 saturated heterocycles. The van der Waals surface area contributed by atoms with Crippen LogP contribution in [0.1, 0.15) is 17.8 Å². The highest BCUT2D eigenvalue weighted by Gasteiger charge is 2.17. The molecule has 140 valence electrons. The van der Waals surface area contributed by atoms with Gasteiger partial charge in [0.25, 0.3) is 11.8 Å². The zero-order valence-corrected chi connectivity index (χ0v) is 16.5. The molecule has 0 spiro atoms. The second kappa shape index (κ2) is 9.56. The predicted octanol–water partition coefficient (Wildman–Crippen LogP) is 1.74. The van der Waals surface area contributed by atoms with Crippen molar-refractivity contribution in [3.63, 3.8) is 0 Å². The molecule has 0 radical (unpaired) electrons. The summed E-state index contributed by atoms with van der Waals surface area (Å²) < 4.78 is 5.21. The van der Waals surface area contributed by atoms with Gasteiger partial charge < -0.3 is 20.3 Å². The zero-order valence-electron chi connectivity index (χ0n) is 15.0. The molecule has 1 heterocycles. The van der Waals surface area contributed by atoms with Crippen LogP contribution in [-0.2, 0) is 9.59 Å². The Balaban J connectivity index is 1.83. The molecule has 2 rings (SSSR count). The Hall–Kier alpha value is -2.09. The van der Waals surface area contributed by atoms with Crippen LogP contribution in [0.3, 0.4) is 0 Å². The second-order valence-electron chi connectivity index (χ2n) is 6.01. The summed E-state index contributed by atoms with van der Waals surface area (Å²) >= 11 is 7.56. The monoisotopic (exact) mass is 396 g/mol. The number of rotatable bonds is 8. The van der Waals surface area contributed by atoms with Crippen LogP contribution in [-0.4, -0.2) is 39.1 Å². The van der Waals surface area contributed by atoms with Crippen LogP contribution in [0.4, 0.5) is 5.69 Å². The van der Waals surface area contributed by atoms with E-state index in [0.29, 0.717) is 16.5 Å². The van der Waals surface area contributed by atoms with Gasteiger partial charge in [-0.3, -0.25) is 9.59 Å². The molecule has 1 aromatic carbocycles. The van der Waals surface area contributed by atoms with E-state index in [9.17, 15) is 9.59 Å². The number of benzene rings is 1. The summed E-state index contributed by atoms with van der Waals surface area (Å²) in [5.74, 6) is 0.210. The van der Waals surface area contributed by atoms with Gasteiger partial charge in [0.2, 0.25) is 0 Å². The van der Waals surface area contributed by atoms with E-state index in [2.05, 4.69) is 10.6 Å². The van der Waals surface area contributed by atoms with Gasteiger partial charge in [-0.25, -0.2) is 0 Å². The van der Waals surface area contributed by atoms with Crippen molar-refractivity contribution >= 4 is 40.4 Å². The lowest BCUT2D eigenvalue weighted by Crippen LogP contribution is -3.11. The van der Waals surface area contributed by atoms with E-state index in [-0.39, 0.29) is 30.9 Å². The zero-order chi connectivity index (χ0) is 19.1. The number of halogens is 1. The topological polar surface area (TPSA) is 71.9 Å². The third-order valence-electron chi connectivity index (χ3n) is 3.71. The summed E-state index contributed by atoms with van der Waals surface area (Å²) in [7, 11) is 3.32. The average Bonchev–Trinajstić information content (AvgIpc) is 3.09. The van der Waals surface area contributed by atoms with Crippen LogP contribution in [0.25, 0.3) is 0 Å².